The maximum Gasteiger partial charge on any atom is 0.490 e. The number of carbonyl (C=O) groups excluding carboxylic acids is 1. The molecule has 224 valence electrons. The molecule has 0 aliphatic carbocycles. The Kier molecular flexibility index (Phi) is 8.81. The number of nitrogens with zero attached hydrogens (tertiary/aromatic N) is 4. The molecule has 0 amide bonds. The van der Waals surface area contributed by atoms with Gasteiger partial charge in [0.05, 0.1) is 19.9 Å². The minimum atomic E-state index is -5.39. The summed E-state index contributed by atoms with van der Waals surface area (Å²) in [5.74, 6) is -1.71. The number of aryl methyl sites for hydroxylation is 1. The number of sulfonamides is 1. The number of alkyl halides is 3. The van der Waals surface area contributed by atoms with E-state index >= 15 is 0 Å². The summed E-state index contributed by atoms with van der Waals surface area (Å²) in [5.41, 5.74) is -0.0511. The maximum absolute atomic E-state index is 13.7. The van der Waals surface area contributed by atoms with Crippen LogP contribution in [-0.4, -0.2) is 59.8 Å². The third kappa shape index (κ3) is 6.35. The van der Waals surface area contributed by atoms with E-state index in [-0.39, 0.29) is 34.5 Å². The van der Waals surface area contributed by atoms with Crippen molar-refractivity contribution in [2.75, 3.05) is 18.9 Å². The van der Waals surface area contributed by atoms with Gasteiger partial charge in [0.1, 0.15) is 28.2 Å². The normalized spacial score (nSPS) is 13.3. The first kappa shape index (κ1) is 30.8. The molecule has 17 heteroatoms. The number of para-hydroxylation sites is 1. The van der Waals surface area contributed by atoms with Crippen molar-refractivity contribution < 1.29 is 45.0 Å². The zero-order valence-corrected chi connectivity index (χ0v) is 24.7. The molecule has 3 heterocycles. The van der Waals surface area contributed by atoms with E-state index in [0.717, 1.165) is 6.92 Å². The van der Waals surface area contributed by atoms with Crippen LogP contribution in [0.4, 0.5) is 19.1 Å². The van der Waals surface area contributed by atoms with Crippen molar-refractivity contribution in [3.63, 3.8) is 0 Å². The van der Waals surface area contributed by atoms with Gasteiger partial charge in [-0.05, 0) is 66.2 Å². The summed E-state index contributed by atoms with van der Waals surface area (Å²) in [6.07, 6.45) is -6.13. The number of rotatable bonds is 10. The van der Waals surface area contributed by atoms with Gasteiger partial charge in [-0.1, -0.05) is 6.07 Å². The lowest BCUT2D eigenvalue weighted by molar-refractivity contribution is -0.205. The average molecular weight is 674 g/mol. The number of ether oxygens (including phenoxy) is 3. The first-order chi connectivity index (χ1) is 19.8. The summed E-state index contributed by atoms with van der Waals surface area (Å²) in [6, 6.07) is 10.7. The predicted octanol–water partition coefficient (Wildman–Crippen LogP) is 4.99. The molecule has 0 bridgehead atoms. The van der Waals surface area contributed by atoms with E-state index in [1.165, 1.54) is 37.1 Å². The van der Waals surface area contributed by atoms with Crippen LogP contribution in [0.15, 0.2) is 57.6 Å². The van der Waals surface area contributed by atoms with Crippen molar-refractivity contribution in [1.82, 2.24) is 19.7 Å². The molecule has 0 unspecified atom stereocenters. The molecule has 42 heavy (non-hydrogen) atoms. The second kappa shape index (κ2) is 12.0. The molecule has 0 fully saturated rings. The number of pyridine rings is 1. The number of anilines is 1. The minimum absolute atomic E-state index is 0.0471. The summed E-state index contributed by atoms with van der Waals surface area (Å²) >= 11 is 3.15. The number of nitrogens with one attached hydrogen (secondary N) is 1. The van der Waals surface area contributed by atoms with Gasteiger partial charge in [0.15, 0.2) is 11.9 Å². The van der Waals surface area contributed by atoms with Crippen molar-refractivity contribution in [3.8, 4) is 28.8 Å². The molecule has 0 spiro atoms. The number of carbonyl (C=O) groups is 1. The van der Waals surface area contributed by atoms with Crippen LogP contribution in [0.1, 0.15) is 24.5 Å². The smallest absolute Gasteiger partial charge is 0.490 e. The monoisotopic (exact) mass is 673 g/mol. The molecule has 1 N–H and O–H groups in total. The second-order valence-corrected chi connectivity index (χ2v) is 11.6. The number of esters is 1. The lowest BCUT2D eigenvalue weighted by atomic mass is 10.2. The summed E-state index contributed by atoms with van der Waals surface area (Å²) < 4.78 is 92.0. The Morgan fingerprint density at radius 1 is 1.07 bits per heavy atom. The topological polar surface area (TPSA) is 148 Å². The van der Waals surface area contributed by atoms with Crippen LogP contribution in [0.25, 0.3) is 17.3 Å². The number of methoxy groups -OCH3 is 2. The Labute approximate surface area is 246 Å². The van der Waals surface area contributed by atoms with Crippen LogP contribution in [0.3, 0.4) is 0 Å². The van der Waals surface area contributed by atoms with Gasteiger partial charge in [-0.3, -0.25) is 14.3 Å². The number of hydrogen-bond donors (Lipinski definition) is 1. The van der Waals surface area contributed by atoms with E-state index in [1.54, 1.807) is 37.3 Å². The Bertz CT molecular complexity index is 1670. The molecule has 2 atom stereocenters. The largest absolute Gasteiger partial charge is 0.494 e. The van der Waals surface area contributed by atoms with Crippen LogP contribution in [-0.2, 0) is 19.6 Å². The lowest BCUT2D eigenvalue weighted by Gasteiger charge is -2.25. The Morgan fingerprint density at radius 2 is 1.74 bits per heavy atom. The standard InChI is InChI=1S/C25H23BrF3N5O7S/c1-13-8-11-19(40-13)22-31-32-24(34(22)20-17(38-3)6-5-7-18(20)39-4)33-42(36,37)14(2)21(41-23(35)25(27,28)29)16-10-9-15(26)12-30-16/h5-12,14,21H,1-4H3,(H,32,33)/t14-,21-/m0/s1. The van der Waals surface area contributed by atoms with Gasteiger partial charge >= 0.3 is 12.1 Å². The highest BCUT2D eigenvalue weighted by Gasteiger charge is 2.45. The van der Waals surface area contributed by atoms with Gasteiger partial charge in [0, 0.05) is 10.7 Å². The Hall–Kier alpha value is -4.12. The lowest BCUT2D eigenvalue weighted by Crippen LogP contribution is -2.37. The van der Waals surface area contributed by atoms with Crippen LogP contribution < -0.4 is 14.2 Å². The SMILES string of the molecule is COc1cccc(OC)c1-n1c(NS(=O)(=O)[C@@H](C)[C@H](OC(=O)C(F)(F)F)c2ccc(Br)cn2)nnc1-c1ccc(C)o1. The second-order valence-electron chi connectivity index (χ2n) is 8.68. The molecule has 3 aromatic heterocycles. The van der Waals surface area contributed by atoms with Crippen molar-refractivity contribution >= 4 is 37.9 Å². The zero-order valence-electron chi connectivity index (χ0n) is 22.3. The van der Waals surface area contributed by atoms with Gasteiger partial charge < -0.3 is 18.6 Å². The molecule has 4 rings (SSSR count). The third-order valence-electron chi connectivity index (χ3n) is 5.91. The molecule has 0 saturated carbocycles. The number of benzene rings is 1. The maximum atomic E-state index is 13.7. The van der Waals surface area contributed by atoms with Crippen molar-refractivity contribution in [2.45, 2.75) is 31.4 Å². The highest BCUT2D eigenvalue weighted by Crippen LogP contribution is 2.38. The predicted molar refractivity (Wildman–Crippen MR) is 146 cm³/mol. The summed E-state index contributed by atoms with van der Waals surface area (Å²) in [6.45, 7) is 2.75. The van der Waals surface area contributed by atoms with Crippen LogP contribution in [0.2, 0.25) is 0 Å². The van der Waals surface area contributed by atoms with Gasteiger partial charge in [-0.2, -0.15) is 13.2 Å². The molecule has 0 aliphatic heterocycles. The summed E-state index contributed by atoms with van der Waals surface area (Å²) in [4.78, 5) is 15.7. The first-order valence-corrected chi connectivity index (χ1v) is 14.2. The highest BCUT2D eigenvalue weighted by atomic mass is 79.9. The minimum Gasteiger partial charge on any atom is -0.494 e. The fourth-order valence-corrected chi connectivity index (χ4v) is 5.17. The van der Waals surface area contributed by atoms with Crippen molar-refractivity contribution in [1.29, 1.82) is 0 Å². The highest BCUT2D eigenvalue weighted by molar-refractivity contribution is 9.10. The molecule has 0 radical (unpaired) electrons. The number of halogens is 4. The van der Waals surface area contributed by atoms with Gasteiger partial charge in [-0.25, -0.2) is 13.2 Å². The van der Waals surface area contributed by atoms with E-state index in [1.807, 2.05) is 0 Å². The van der Waals surface area contributed by atoms with Crippen LogP contribution in [0, 0.1) is 6.92 Å². The van der Waals surface area contributed by atoms with E-state index in [2.05, 4.69) is 40.6 Å². The Morgan fingerprint density at radius 3 is 2.26 bits per heavy atom. The van der Waals surface area contributed by atoms with Gasteiger partial charge in [0.25, 0.3) is 0 Å². The summed E-state index contributed by atoms with van der Waals surface area (Å²) in [7, 11) is -1.91. The van der Waals surface area contributed by atoms with E-state index in [4.69, 9.17) is 13.9 Å². The van der Waals surface area contributed by atoms with Crippen LogP contribution in [0.5, 0.6) is 11.5 Å². The summed E-state index contributed by atoms with van der Waals surface area (Å²) in [5, 5.41) is 6.27. The average Bonchev–Trinajstić information content (AvgIpc) is 3.55. The molecular weight excluding hydrogens is 651 g/mol. The molecule has 4 aromatic rings. The fourth-order valence-electron chi connectivity index (χ4n) is 3.85. The van der Waals surface area contributed by atoms with E-state index in [9.17, 15) is 26.4 Å². The molecule has 0 saturated heterocycles. The van der Waals surface area contributed by atoms with Crippen molar-refractivity contribution in [2.24, 2.45) is 0 Å². The number of hydrogen-bond acceptors (Lipinski definition) is 10. The van der Waals surface area contributed by atoms with Gasteiger partial charge in [0.2, 0.25) is 21.8 Å². The molecule has 0 aliphatic rings. The van der Waals surface area contributed by atoms with E-state index < -0.39 is 39.5 Å². The molecular formula is C25H23BrF3N5O7S. The molecule has 12 nitrogen and oxygen atoms in total. The van der Waals surface area contributed by atoms with E-state index in [0.29, 0.717) is 10.2 Å². The number of furan rings is 1. The third-order valence-corrected chi connectivity index (χ3v) is 8.07. The molecule has 1 aromatic carbocycles. The quantitative estimate of drug-likeness (QED) is 0.228. The fraction of sp³-hybridized carbons (Fsp3) is 0.280. The Balaban J connectivity index is 1.83. The number of aromatic nitrogens is 4. The van der Waals surface area contributed by atoms with Crippen LogP contribution >= 0.6 is 15.9 Å². The first-order valence-electron chi connectivity index (χ1n) is 11.9. The zero-order chi connectivity index (χ0) is 30.8. The van der Waals surface area contributed by atoms with Gasteiger partial charge in [-0.15, -0.1) is 10.2 Å². The van der Waals surface area contributed by atoms with Crippen molar-refractivity contribution in [3.05, 3.63) is 64.6 Å².